The van der Waals surface area contributed by atoms with Gasteiger partial charge >= 0.3 is 0 Å². The number of piperidine rings is 1. The molecule has 1 unspecified atom stereocenters. The van der Waals surface area contributed by atoms with E-state index in [1.54, 1.807) is 0 Å². The first kappa shape index (κ1) is 14.6. The van der Waals surface area contributed by atoms with Crippen molar-refractivity contribution >= 4 is 11.6 Å². The topological polar surface area (TPSA) is 49.5 Å². The van der Waals surface area contributed by atoms with Gasteiger partial charge in [0.2, 0.25) is 0 Å². The lowest BCUT2D eigenvalue weighted by Crippen LogP contribution is -2.41. The van der Waals surface area contributed by atoms with Gasteiger partial charge in [-0.2, -0.15) is 0 Å². The molecule has 2 aromatic rings. The standard InChI is InChI=1S/C16H19ClN2O2/c17-13-6-4-12(5-7-13)16-9-15(21-18-16)10-19-8-2-1-3-14(19)11-20/h4-7,9,14,20H,1-3,8,10-11H2. The third kappa shape index (κ3) is 3.46. The highest BCUT2D eigenvalue weighted by molar-refractivity contribution is 6.30. The van der Waals surface area contributed by atoms with Gasteiger partial charge in [-0.05, 0) is 31.5 Å². The molecule has 0 aliphatic carbocycles. The van der Waals surface area contributed by atoms with Gasteiger partial charge in [-0.3, -0.25) is 4.90 Å². The molecule has 2 heterocycles. The third-order valence-electron chi connectivity index (χ3n) is 4.02. The van der Waals surface area contributed by atoms with Crippen molar-refractivity contribution in [2.45, 2.75) is 31.8 Å². The summed E-state index contributed by atoms with van der Waals surface area (Å²) in [4.78, 5) is 2.27. The van der Waals surface area contributed by atoms with E-state index in [1.165, 1.54) is 12.8 Å². The minimum absolute atomic E-state index is 0.207. The molecular formula is C16H19ClN2O2. The predicted molar refractivity (Wildman–Crippen MR) is 82.1 cm³/mol. The van der Waals surface area contributed by atoms with Crippen LogP contribution in [0.1, 0.15) is 25.0 Å². The van der Waals surface area contributed by atoms with E-state index in [2.05, 4.69) is 10.1 Å². The van der Waals surface area contributed by atoms with Crippen LogP contribution in [0.15, 0.2) is 34.9 Å². The summed E-state index contributed by atoms with van der Waals surface area (Å²) < 4.78 is 5.44. The number of nitrogens with zero attached hydrogens (tertiary/aromatic N) is 2. The second-order valence-electron chi connectivity index (χ2n) is 5.49. The van der Waals surface area contributed by atoms with E-state index in [1.807, 2.05) is 30.3 Å². The highest BCUT2D eigenvalue weighted by Crippen LogP contribution is 2.24. The maximum absolute atomic E-state index is 9.45. The van der Waals surface area contributed by atoms with Crippen LogP contribution in [0.3, 0.4) is 0 Å². The van der Waals surface area contributed by atoms with Gasteiger partial charge in [0, 0.05) is 22.7 Å². The SMILES string of the molecule is OCC1CCCCN1Cc1cc(-c2ccc(Cl)cc2)no1. The molecule has 1 aromatic heterocycles. The summed E-state index contributed by atoms with van der Waals surface area (Å²) >= 11 is 5.89. The number of aliphatic hydroxyl groups excluding tert-OH is 1. The van der Waals surface area contributed by atoms with Gasteiger partial charge in [-0.25, -0.2) is 0 Å². The first-order valence-corrected chi connectivity index (χ1v) is 7.70. The van der Waals surface area contributed by atoms with E-state index in [-0.39, 0.29) is 12.6 Å². The minimum Gasteiger partial charge on any atom is -0.395 e. The summed E-state index contributed by atoms with van der Waals surface area (Å²) in [7, 11) is 0. The van der Waals surface area contributed by atoms with Gasteiger partial charge in [0.25, 0.3) is 0 Å². The molecular weight excluding hydrogens is 288 g/mol. The molecule has 0 saturated carbocycles. The molecule has 0 radical (unpaired) electrons. The summed E-state index contributed by atoms with van der Waals surface area (Å²) in [5.74, 6) is 0.834. The number of benzene rings is 1. The maximum atomic E-state index is 9.45. The number of aromatic nitrogens is 1. The summed E-state index contributed by atoms with van der Waals surface area (Å²) in [5.41, 5.74) is 1.81. The van der Waals surface area contributed by atoms with Crippen LogP contribution in [-0.4, -0.2) is 34.4 Å². The van der Waals surface area contributed by atoms with E-state index < -0.39 is 0 Å². The Morgan fingerprint density at radius 2 is 2.10 bits per heavy atom. The Bertz CT molecular complexity index is 582. The molecule has 21 heavy (non-hydrogen) atoms. The Kier molecular flexibility index (Phi) is 4.58. The fourth-order valence-electron chi connectivity index (χ4n) is 2.82. The number of hydrogen-bond acceptors (Lipinski definition) is 4. The van der Waals surface area contributed by atoms with E-state index in [4.69, 9.17) is 16.1 Å². The zero-order valence-corrected chi connectivity index (χ0v) is 12.6. The summed E-state index contributed by atoms with van der Waals surface area (Å²) in [6.07, 6.45) is 3.41. The normalized spacial score (nSPS) is 19.8. The van der Waals surface area contributed by atoms with Crippen molar-refractivity contribution in [2.24, 2.45) is 0 Å². The average Bonchev–Trinajstić information content (AvgIpc) is 2.97. The Morgan fingerprint density at radius 3 is 2.86 bits per heavy atom. The smallest absolute Gasteiger partial charge is 0.151 e. The van der Waals surface area contributed by atoms with E-state index in [0.717, 1.165) is 30.0 Å². The van der Waals surface area contributed by atoms with Gasteiger partial charge < -0.3 is 9.63 Å². The highest BCUT2D eigenvalue weighted by atomic mass is 35.5. The highest BCUT2D eigenvalue weighted by Gasteiger charge is 2.23. The van der Waals surface area contributed by atoms with Crippen LogP contribution in [0.4, 0.5) is 0 Å². The van der Waals surface area contributed by atoms with Gasteiger partial charge in [0.05, 0.1) is 13.2 Å². The number of halogens is 1. The molecule has 1 N–H and O–H groups in total. The molecule has 4 nitrogen and oxygen atoms in total. The number of rotatable bonds is 4. The Labute approximate surface area is 129 Å². The molecule has 1 fully saturated rings. The summed E-state index contributed by atoms with van der Waals surface area (Å²) in [5, 5.41) is 14.3. The average molecular weight is 307 g/mol. The van der Waals surface area contributed by atoms with Crippen molar-refractivity contribution in [1.82, 2.24) is 10.1 Å². The fraction of sp³-hybridized carbons (Fsp3) is 0.438. The van der Waals surface area contributed by atoms with E-state index in [0.29, 0.717) is 11.6 Å². The molecule has 3 rings (SSSR count). The molecule has 1 atom stereocenters. The van der Waals surface area contributed by atoms with Crippen molar-refractivity contribution in [3.8, 4) is 11.3 Å². The van der Waals surface area contributed by atoms with Crippen LogP contribution < -0.4 is 0 Å². The van der Waals surface area contributed by atoms with Crippen LogP contribution >= 0.6 is 11.6 Å². The van der Waals surface area contributed by atoms with Crippen molar-refractivity contribution in [1.29, 1.82) is 0 Å². The molecule has 1 aliphatic rings. The molecule has 0 amide bonds. The molecule has 1 aromatic carbocycles. The van der Waals surface area contributed by atoms with Crippen molar-refractivity contribution in [2.75, 3.05) is 13.2 Å². The zero-order valence-electron chi connectivity index (χ0n) is 11.8. The van der Waals surface area contributed by atoms with Gasteiger partial charge in [-0.15, -0.1) is 0 Å². The molecule has 1 saturated heterocycles. The fourth-order valence-corrected chi connectivity index (χ4v) is 2.95. The van der Waals surface area contributed by atoms with E-state index in [9.17, 15) is 5.11 Å². The summed E-state index contributed by atoms with van der Waals surface area (Å²) in [6, 6.07) is 9.76. The van der Waals surface area contributed by atoms with E-state index >= 15 is 0 Å². The van der Waals surface area contributed by atoms with Crippen LogP contribution in [0.2, 0.25) is 5.02 Å². The Morgan fingerprint density at radius 1 is 1.29 bits per heavy atom. The maximum Gasteiger partial charge on any atom is 0.151 e. The molecule has 5 heteroatoms. The largest absolute Gasteiger partial charge is 0.395 e. The quantitative estimate of drug-likeness (QED) is 0.941. The summed E-state index contributed by atoms with van der Waals surface area (Å²) in [6.45, 7) is 1.91. The molecule has 112 valence electrons. The third-order valence-corrected chi connectivity index (χ3v) is 4.27. The second-order valence-corrected chi connectivity index (χ2v) is 5.92. The lowest BCUT2D eigenvalue weighted by atomic mass is 10.0. The lowest BCUT2D eigenvalue weighted by molar-refractivity contribution is 0.0764. The Hall–Kier alpha value is -1.36. The van der Waals surface area contributed by atoms with Crippen molar-refractivity contribution in [3.63, 3.8) is 0 Å². The number of likely N-dealkylation sites (tertiary alicyclic amines) is 1. The van der Waals surface area contributed by atoms with Crippen LogP contribution in [-0.2, 0) is 6.54 Å². The van der Waals surface area contributed by atoms with Crippen LogP contribution in [0, 0.1) is 0 Å². The molecule has 1 aliphatic heterocycles. The Balaban J connectivity index is 1.71. The first-order valence-electron chi connectivity index (χ1n) is 7.32. The monoisotopic (exact) mass is 306 g/mol. The van der Waals surface area contributed by atoms with Crippen LogP contribution in [0.5, 0.6) is 0 Å². The van der Waals surface area contributed by atoms with Gasteiger partial charge in [0.15, 0.2) is 5.76 Å². The van der Waals surface area contributed by atoms with Gasteiger partial charge in [0.1, 0.15) is 5.69 Å². The van der Waals surface area contributed by atoms with Crippen LogP contribution in [0.25, 0.3) is 11.3 Å². The number of aliphatic hydroxyl groups is 1. The first-order chi connectivity index (χ1) is 10.3. The van der Waals surface area contributed by atoms with Crippen molar-refractivity contribution < 1.29 is 9.63 Å². The second kappa shape index (κ2) is 6.60. The predicted octanol–water partition coefficient (Wildman–Crippen LogP) is 3.34. The lowest BCUT2D eigenvalue weighted by Gasteiger charge is -2.33. The zero-order chi connectivity index (χ0) is 14.7. The molecule has 0 spiro atoms. The minimum atomic E-state index is 0.207. The van der Waals surface area contributed by atoms with Gasteiger partial charge in [-0.1, -0.05) is 35.3 Å². The molecule has 0 bridgehead atoms. The number of hydrogen-bond donors (Lipinski definition) is 1. The van der Waals surface area contributed by atoms with Crippen molar-refractivity contribution in [3.05, 3.63) is 41.1 Å².